The van der Waals surface area contributed by atoms with E-state index in [2.05, 4.69) is 4.98 Å². The van der Waals surface area contributed by atoms with Crippen LogP contribution in [0.25, 0.3) is 0 Å². The topological polar surface area (TPSA) is 59.4 Å². The first kappa shape index (κ1) is 9.15. The Labute approximate surface area is 81.5 Å². The highest BCUT2D eigenvalue weighted by molar-refractivity contribution is 5.89. The molecule has 1 N–H and O–H groups in total. The van der Waals surface area contributed by atoms with E-state index in [-0.39, 0.29) is 0 Å². The summed E-state index contributed by atoms with van der Waals surface area (Å²) < 4.78 is 5.28. The molecule has 0 fully saturated rings. The monoisotopic (exact) mass is 193 g/mol. The van der Waals surface area contributed by atoms with Crippen LogP contribution >= 0.6 is 0 Å². The minimum Gasteiger partial charge on any atom is -0.478 e. The largest absolute Gasteiger partial charge is 0.478 e. The fourth-order valence-electron chi connectivity index (χ4n) is 1.68. The van der Waals surface area contributed by atoms with E-state index in [0.717, 1.165) is 11.3 Å². The van der Waals surface area contributed by atoms with Crippen molar-refractivity contribution in [2.75, 3.05) is 13.2 Å². The number of pyridine rings is 1. The van der Waals surface area contributed by atoms with Crippen molar-refractivity contribution in [3.05, 3.63) is 29.1 Å². The van der Waals surface area contributed by atoms with Crippen LogP contribution in [0.15, 0.2) is 12.3 Å². The molecule has 1 aliphatic rings. The number of rotatable bonds is 1. The molecule has 0 bridgehead atoms. The van der Waals surface area contributed by atoms with Crippen LogP contribution < -0.4 is 0 Å². The van der Waals surface area contributed by atoms with E-state index in [1.807, 2.05) is 0 Å². The van der Waals surface area contributed by atoms with E-state index in [9.17, 15) is 4.79 Å². The first-order chi connectivity index (χ1) is 6.79. The van der Waals surface area contributed by atoms with Gasteiger partial charge in [0.2, 0.25) is 0 Å². The zero-order valence-corrected chi connectivity index (χ0v) is 7.69. The van der Waals surface area contributed by atoms with Crippen molar-refractivity contribution in [1.29, 1.82) is 0 Å². The first-order valence-corrected chi connectivity index (χ1v) is 4.57. The molecule has 0 amide bonds. The van der Waals surface area contributed by atoms with Crippen molar-refractivity contribution in [2.24, 2.45) is 0 Å². The number of aromatic nitrogens is 1. The third-order valence-electron chi connectivity index (χ3n) is 2.36. The lowest BCUT2D eigenvalue weighted by atomic mass is 10.0. The molecule has 4 nitrogen and oxygen atoms in total. The van der Waals surface area contributed by atoms with Gasteiger partial charge < -0.3 is 9.84 Å². The number of nitrogens with zero attached hydrogens (tertiary/aromatic N) is 1. The highest BCUT2D eigenvalue weighted by atomic mass is 16.5. The molecule has 0 spiro atoms. The Morgan fingerprint density at radius 1 is 1.43 bits per heavy atom. The number of carboxylic acids is 1. The highest BCUT2D eigenvalue weighted by Crippen LogP contribution is 2.16. The van der Waals surface area contributed by atoms with E-state index < -0.39 is 5.97 Å². The van der Waals surface area contributed by atoms with Gasteiger partial charge in [-0.1, -0.05) is 0 Å². The molecule has 2 rings (SSSR count). The molecule has 0 aliphatic carbocycles. The fourth-order valence-corrected chi connectivity index (χ4v) is 1.68. The molecule has 0 aromatic carbocycles. The van der Waals surface area contributed by atoms with Crippen LogP contribution in [0, 0.1) is 0 Å². The van der Waals surface area contributed by atoms with Crippen molar-refractivity contribution in [3.8, 4) is 0 Å². The van der Waals surface area contributed by atoms with E-state index in [4.69, 9.17) is 9.84 Å². The number of ether oxygens (including phenoxy) is 1. The second-order valence-electron chi connectivity index (χ2n) is 3.20. The molecule has 0 saturated heterocycles. The lowest BCUT2D eigenvalue weighted by Crippen LogP contribution is -2.07. The predicted molar refractivity (Wildman–Crippen MR) is 49.4 cm³/mol. The Balaban J connectivity index is 2.47. The SMILES string of the molecule is O=C(O)c1ccnc2c1CCOCC2. The summed E-state index contributed by atoms with van der Waals surface area (Å²) in [7, 11) is 0. The van der Waals surface area contributed by atoms with Gasteiger partial charge in [-0.15, -0.1) is 0 Å². The average molecular weight is 193 g/mol. The molecule has 1 aromatic heterocycles. The molecular weight excluding hydrogens is 182 g/mol. The first-order valence-electron chi connectivity index (χ1n) is 4.57. The molecule has 74 valence electrons. The second-order valence-corrected chi connectivity index (χ2v) is 3.20. The van der Waals surface area contributed by atoms with Crippen LogP contribution in [0.1, 0.15) is 21.6 Å². The molecular formula is C10H11NO3. The van der Waals surface area contributed by atoms with E-state index in [0.29, 0.717) is 31.6 Å². The number of fused-ring (bicyclic) bond motifs is 1. The quantitative estimate of drug-likeness (QED) is 0.719. The molecule has 14 heavy (non-hydrogen) atoms. The van der Waals surface area contributed by atoms with Crippen LogP contribution in [0.3, 0.4) is 0 Å². The molecule has 0 saturated carbocycles. The van der Waals surface area contributed by atoms with Gasteiger partial charge in [0.15, 0.2) is 0 Å². The smallest absolute Gasteiger partial charge is 0.336 e. The van der Waals surface area contributed by atoms with Crippen molar-refractivity contribution in [2.45, 2.75) is 12.8 Å². The van der Waals surface area contributed by atoms with Gasteiger partial charge in [-0.2, -0.15) is 0 Å². The second kappa shape index (κ2) is 3.75. The number of hydrogen-bond acceptors (Lipinski definition) is 3. The van der Waals surface area contributed by atoms with Gasteiger partial charge in [-0.3, -0.25) is 4.98 Å². The van der Waals surface area contributed by atoms with Gasteiger partial charge in [-0.25, -0.2) is 4.79 Å². The molecule has 2 heterocycles. The van der Waals surface area contributed by atoms with Crippen molar-refractivity contribution >= 4 is 5.97 Å². The summed E-state index contributed by atoms with van der Waals surface area (Å²) >= 11 is 0. The molecule has 1 aliphatic heterocycles. The Bertz CT molecular complexity index is 362. The van der Waals surface area contributed by atoms with Crippen LogP contribution in [0.2, 0.25) is 0 Å². The van der Waals surface area contributed by atoms with E-state index >= 15 is 0 Å². The number of carboxylic acid groups (broad SMARTS) is 1. The Morgan fingerprint density at radius 2 is 2.21 bits per heavy atom. The zero-order chi connectivity index (χ0) is 9.97. The van der Waals surface area contributed by atoms with Crippen molar-refractivity contribution in [1.82, 2.24) is 4.98 Å². The Kier molecular flexibility index (Phi) is 2.45. The number of hydrogen-bond donors (Lipinski definition) is 1. The minimum atomic E-state index is -0.884. The standard InChI is InChI=1S/C10H11NO3/c12-10(13)8-1-4-11-9-3-6-14-5-2-7(8)9/h1,4H,2-3,5-6H2,(H,12,13). The van der Waals surface area contributed by atoms with Gasteiger partial charge >= 0.3 is 5.97 Å². The third-order valence-corrected chi connectivity index (χ3v) is 2.36. The van der Waals surface area contributed by atoms with Crippen LogP contribution in [0.5, 0.6) is 0 Å². The molecule has 0 atom stereocenters. The van der Waals surface area contributed by atoms with Gasteiger partial charge in [-0.05, 0) is 18.1 Å². The molecule has 4 heteroatoms. The number of aromatic carboxylic acids is 1. The summed E-state index contributed by atoms with van der Waals surface area (Å²) in [6.45, 7) is 1.21. The summed E-state index contributed by atoms with van der Waals surface area (Å²) in [5.41, 5.74) is 2.06. The predicted octanol–water partition coefficient (Wildman–Crippen LogP) is 0.895. The highest BCUT2D eigenvalue weighted by Gasteiger charge is 2.16. The Morgan fingerprint density at radius 3 is 3.00 bits per heavy atom. The van der Waals surface area contributed by atoms with E-state index in [1.165, 1.54) is 0 Å². The van der Waals surface area contributed by atoms with Crippen LogP contribution in [-0.4, -0.2) is 29.3 Å². The zero-order valence-electron chi connectivity index (χ0n) is 7.69. The molecule has 0 unspecified atom stereocenters. The van der Waals surface area contributed by atoms with Crippen LogP contribution in [-0.2, 0) is 17.6 Å². The lowest BCUT2D eigenvalue weighted by Gasteiger charge is -2.06. The van der Waals surface area contributed by atoms with Gasteiger partial charge in [0.25, 0.3) is 0 Å². The lowest BCUT2D eigenvalue weighted by molar-refractivity contribution is 0.0695. The Hall–Kier alpha value is -1.42. The summed E-state index contributed by atoms with van der Waals surface area (Å²) in [6.07, 6.45) is 2.90. The number of carbonyl (C=O) groups is 1. The summed E-state index contributed by atoms with van der Waals surface area (Å²) in [5.74, 6) is -0.884. The fraction of sp³-hybridized carbons (Fsp3) is 0.400. The normalized spacial score (nSPS) is 15.7. The van der Waals surface area contributed by atoms with E-state index in [1.54, 1.807) is 12.3 Å². The summed E-state index contributed by atoms with van der Waals surface area (Å²) in [4.78, 5) is 15.1. The molecule has 1 aromatic rings. The third kappa shape index (κ3) is 1.61. The maximum absolute atomic E-state index is 10.9. The van der Waals surface area contributed by atoms with Crippen molar-refractivity contribution < 1.29 is 14.6 Å². The maximum atomic E-state index is 10.9. The maximum Gasteiger partial charge on any atom is 0.336 e. The van der Waals surface area contributed by atoms with Crippen LogP contribution in [0.4, 0.5) is 0 Å². The average Bonchev–Trinajstić information content (AvgIpc) is 2.41. The molecule has 0 radical (unpaired) electrons. The minimum absolute atomic E-state index is 0.362. The van der Waals surface area contributed by atoms with Crippen molar-refractivity contribution in [3.63, 3.8) is 0 Å². The van der Waals surface area contributed by atoms with Gasteiger partial charge in [0.1, 0.15) is 0 Å². The summed E-state index contributed by atoms with van der Waals surface area (Å²) in [6, 6.07) is 1.55. The van der Waals surface area contributed by atoms with Gasteiger partial charge in [0.05, 0.1) is 18.8 Å². The summed E-state index contributed by atoms with van der Waals surface area (Å²) in [5, 5.41) is 8.96. The van der Waals surface area contributed by atoms with Gasteiger partial charge in [0, 0.05) is 18.3 Å².